The lowest BCUT2D eigenvalue weighted by molar-refractivity contribution is 0.260. The van der Waals surface area contributed by atoms with Crippen molar-refractivity contribution in [1.82, 2.24) is 0 Å². The molecule has 0 spiro atoms. The van der Waals surface area contributed by atoms with Crippen LogP contribution in [0, 0.1) is 25.7 Å². The van der Waals surface area contributed by atoms with Crippen molar-refractivity contribution in [3.8, 4) is 0 Å². The van der Waals surface area contributed by atoms with Crippen LogP contribution in [-0.2, 0) is 0 Å². The van der Waals surface area contributed by atoms with Gasteiger partial charge < -0.3 is 0 Å². The molecule has 0 aromatic heterocycles. The summed E-state index contributed by atoms with van der Waals surface area (Å²) >= 11 is 0. The van der Waals surface area contributed by atoms with Crippen molar-refractivity contribution in [1.29, 1.82) is 0 Å². The summed E-state index contributed by atoms with van der Waals surface area (Å²) in [6, 6.07) is 4.86. The molecule has 1 aliphatic carbocycles. The normalized spacial score (nSPS) is 27.4. The molecule has 0 saturated heterocycles. The first-order valence-electron chi connectivity index (χ1n) is 8.64. The van der Waals surface area contributed by atoms with E-state index in [9.17, 15) is 0 Å². The van der Waals surface area contributed by atoms with Gasteiger partial charge in [-0.3, -0.25) is 0 Å². The van der Waals surface area contributed by atoms with Crippen molar-refractivity contribution >= 4 is 0 Å². The quantitative estimate of drug-likeness (QED) is 0.526. The molecule has 0 heterocycles. The van der Waals surface area contributed by atoms with Crippen LogP contribution in [-0.4, -0.2) is 0 Å². The first kappa shape index (κ1) is 18.0. The second-order valence-corrected chi connectivity index (χ2v) is 6.59. The molecule has 21 heavy (non-hydrogen) atoms. The Hall–Kier alpha value is -1.04. The minimum atomic E-state index is 0.605. The Morgan fingerprint density at radius 1 is 1.00 bits per heavy atom. The van der Waals surface area contributed by atoms with Crippen LogP contribution in [0.15, 0.2) is 24.3 Å². The Morgan fingerprint density at radius 2 is 1.43 bits per heavy atom. The summed E-state index contributed by atoms with van der Waals surface area (Å²) in [6.07, 6.45) is 1.25. The molecule has 4 unspecified atom stereocenters. The smallest absolute Gasteiger partial charge is 0.0108 e. The van der Waals surface area contributed by atoms with Crippen LogP contribution in [0.5, 0.6) is 0 Å². The fourth-order valence-electron chi connectivity index (χ4n) is 4.16. The molecular weight excluding hydrogens is 252 g/mol. The molecule has 0 N–H and O–H groups in total. The zero-order valence-electron chi connectivity index (χ0n) is 15.4. The molecule has 2 rings (SSSR count). The van der Waals surface area contributed by atoms with Crippen LogP contribution in [0.1, 0.15) is 82.1 Å². The maximum Gasteiger partial charge on any atom is -0.0108 e. The molecule has 0 nitrogen and oxygen atoms in total. The Balaban J connectivity index is 0.00000106. The number of rotatable bonds is 2. The van der Waals surface area contributed by atoms with Crippen molar-refractivity contribution in [2.24, 2.45) is 11.8 Å². The zero-order valence-corrected chi connectivity index (χ0v) is 15.4. The predicted octanol–water partition coefficient (Wildman–Crippen LogP) is 6.77. The van der Waals surface area contributed by atoms with E-state index in [4.69, 9.17) is 0 Å². The molecule has 1 aromatic carbocycles. The molecule has 0 radical (unpaired) electrons. The third-order valence-corrected chi connectivity index (χ3v) is 5.36. The van der Waals surface area contributed by atoms with E-state index in [0.717, 1.165) is 5.92 Å². The average Bonchev–Trinajstić information content (AvgIpc) is 2.46. The molecule has 0 heteroatoms. The topological polar surface area (TPSA) is 0 Å². The van der Waals surface area contributed by atoms with E-state index in [1.54, 1.807) is 11.1 Å². The SMILES string of the molecule is C=C(C)C1C(C)c2cc(C)c(C)cc2C(C)C1CC.CC. The Labute approximate surface area is 132 Å². The number of benzene rings is 1. The number of hydrogen-bond acceptors (Lipinski definition) is 0. The fourth-order valence-corrected chi connectivity index (χ4v) is 4.16. The minimum Gasteiger partial charge on any atom is -0.0998 e. The Morgan fingerprint density at radius 3 is 1.81 bits per heavy atom. The van der Waals surface area contributed by atoms with Crippen LogP contribution in [0.25, 0.3) is 0 Å². The highest BCUT2D eigenvalue weighted by Gasteiger charge is 2.38. The summed E-state index contributed by atoms with van der Waals surface area (Å²) in [5, 5.41) is 0. The van der Waals surface area contributed by atoms with Gasteiger partial charge in [-0.05, 0) is 66.7 Å². The summed E-state index contributed by atoms with van der Waals surface area (Å²) in [7, 11) is 0. The van der Waals surface area contributed by atoms with Gasteiger partial charge in [0.15, 0.2) is 0 Å². The van der Waals surface area contributed by atoms with Crippen LogP contribution in [0.2, 0.25) is 0 Å². The molecule has 118 valence electrons. The van der Waals surface area contributed by atoms with Crippen LogP contribution >= 0.6 is 0 Å². The van der Waals surface area contributed by atoms with Gasteiger partial charge in [0.1, 0.15) is 0 Å². The molecule has 0 aliphatic heterocycles. The summed E-state index contributed by atoms with van der Waals surface area (Å²) in [5.41, 5.74) is 7.36. The predicted molar refractivity (Wildman–Crippen MR) is 96.2 cm³/mol. The second-order valence-electron chi connectivity index (χ2n) is 6.59. The summed E-state index contributed by atoms with van der Waals surface area (Å²) in [5.74, 6) is 2.63. The molecule has 4 atom stereocenters. The minimum absolute atomic E-state index is 0.605. The van der Waals surface area contributed by atoms with E-state index >= 15 is 0 Å². The van der Waals surface area contributed by atoms with Crippen molar-refractivity contribution in [2.45, 2.75) is 73.6 Å². The summed E-state index contributed by atoms with van der Waals surface area (Å²) in [6.45, 7) is 22.1. The number of hydrogen-bond donors (Lipinski definition) is 0. The van der Waals surface area contributed by atoms with Gasteiger partial charge >= 0.3 is 0 Å². The molecule has 0 amide bonds. The fraction of sp³-hybridized carbons (Fsp3) is 0.619. The largest absolute Gasteiger partial charge is 0.0998 e. The summed E-state index contributed by atoms with van der Waals surface area (Å²) in [4.78, 5) is 0. The lowest BCUT2D eigenvalue weighted by Gasteiger charge is -2.43. The van der Waals surface area contributed by atoms with Crippen LogP contribution < -0.4 is 0 Å². The maximum atomic E-state index is 4.27. The molecule has 0 saturated carbocycles. The first-order valence-corrected chi connectivity index (χ1v) is 8.64. The number of aryl methyl sites for hydroxylation is 2. The lowest BCUT2D eigenvalue weighted by atomic mass is 9.61. The van der Waals surface area contributed by atoms with Gasteiger partial charge in [-0.15, -0.1) is 0 Å². The van der Waals surface area contributed by atoms with Crippen molar-refractivity contribution in [3.05, 3.63) is 46.5 Å². The highest BCUT2D eigenvalue weighted by atomic mass is 14.4. The third kappa shape index (κ3) is 3.25. The molecular formula is C21H34. The molecule has 1 aliphatic rings. The van der Waals surface area contributed by atoms with E-state index in [0.29, 0.717) is 17.8 Å². The maximum absolute atomic E-state index is 4.27. The lowest BCUT2D eigenvalue weighted by Crippen LogP contribution is -2.31. The van der Waals surface area contributed by atoms with Crippen LogP contribution in [0.4, 0.5) is 0 Å². The Kier molecular flexibility index (Phi) is 6.25. The highest BCUT2D eigenvalue weighted by Crippen LogP contribution is 2.50. The first-order chi connectivity index (χ1) is 9.88. The molecule has 1 aromatic rings. The van der Waals surface area contributed by atoms with E-state index in [-0.39, 0.29) is 0 Å². The number of allylic oxidation sites excluding steroid dienone is 1. The van der Waals surface area contributed by atoms with Gasteiger partial charge in [-0.2, -0.15) is 0 Å². The standard InChI is InChI=1S/C19H28.C2H6/c1-8-16-14(6)17-9-12(4)13(5)10-18(17)15(7)19(16)11(2)3;1-2/h9-10,14-16,19H,2,8H2,1,3-7H3;1-2H3. The van der Waals surface area contributed by atoms with Crippen molar-refractivity contribution in [3.63, 3.8) is 0 Å². The van der Waals surface area contributed by atoms with Gasteiger partial charge in [-0.1, -0.05) is 65.3 Å². The highest BCUT2D eigenvalue weighted by molar-refractivity contribution is 5.44. The van der Waals surface area contributed by atoms with Gasteiger partial charge in [-0.25, -0.2) is 0 Å². The van der Waals surface area contributed by atoms with E-state index in [1.807, 2.05) is 13.8 Å². The molecule has 0 bridgehead atoms. The van der Waals surface area contributed by atoms with E-state index in [2.05, 4.69) is 60.3 Å². The number of fused-ring (bicyclic) bond motifs is 1. The van der Waals surface area contributed by atoms with Crippen molar-refractivity contribution < 1.29 is 0 Å². The Bertz CT molecular complexity index is 495. The van der Waals surface area contributed by atoms with E-state index in [1.165, 1.54) is 23.1 Å². The molecule has 0 fully saturated rings. The zero-order chi connectivity index (χ0) is 16.3. The van der Waals surface area contributed by atoms with Gasteiger partial charge in [0.2, 0.25) is 0 Å². The van der Waals surface area contributed by atoms with Crippen LogP contribution in [0.3, 0.4) is 0 Å². The second kappa shape index (κ2) is 7.29. The van der Waals surface area contributed by atoms with Crippen molar-refractivity contribution in [2.75, 3.05) is 0 Å². The van der Waals surface area contributed by atoms with Gasteiger partial charge in [0.05, 0.1) is 0 Å². The monoisotopic (exact) mass is 286 g/mol. The van der Waals surface area contributed by atoms with E-state index < -0.39 is 0 Å². The average molecular weight is 287 g/mol. The summed E-state index contributed by atoms with van der Waals surface area (Å²) < 4.78 is 0. The third-order valence-electron chi connectivity index (χ3n) is 5.36. The van der Waals surface area contributed by atoms with Gasteiger partial charge in [0.25, 0.3) is 0 Å². The van der Waals surface area contributed by atoms with Gasteiger partial charge in [0, 0.05) is 0 Å².